The molecule has 0 saturated carbocycles. The van der Waals surface area contributed by atoms with Crippen molar-refractivity contribution in [2.45, 2.75) is 0 Å². The standard InChI is InChI=1S/C9H8Br2N6O.2ClH/c10-6-1-5(2-7(11)8(6)18)3-13-15-9-16-14-4-17(9)12;;/h1-4,18H,12H2,(H,15,16);2*1H/b13-3+;;. The van der Waals surface area contributed by atoms with E-state index >= 15 is 0 Å². The van der Waals surface area contributed by atoms with Crippen molar-refractivity contribution in [1.29, 1.82) is 0 Å². The summed E-state index contributed by atoms with van der Waals surface area (Å²) in [6.07, 6.45) is 2.91. The van der Waals surface area contributed by atoms with Crippen LogP contribution in [-0.2, 0) is 0 Å². The van der Waals surface area contributed by atoms with E-state index in [1.165, 1.54) is 11.0 Å². The fraction of sp³-hybridized carbons (Fsp3) is 0. The number of benzene rings is 1. The van der Waals surface area contributed by atoms with Crippen molar-refractivity contribution in [1.82, 2.24) is 14.9 Å². The van der Waals surface area contributed by atoms with E-state index in [1.807, 2.05) is 0 Å². The van der Waals surface area contributed by atoms with Crippen LogP contribution in [0.2, 0.25) is 0 Å². The summed E-state index contributed by atoms with van der Waals surface area (Å²) >= 11 is 6.46. The third-order valence-electron chi connectivity index (χ3n) is 1.99. The van der Waals surface area contributed by atoms with Crippen LogP contribution < -0.4 is 11.3 Å². The summed E-state index contributed by atoms with van der Waals surface area (Å²) in [5.41, 5.74) is 3.42. The average Bonchev–Trinajstić information content (AvgIpc) is 2.72. The number of hydrogen-bond acceptors (Lipinski definition) is 6. The minimum Gasteiger partial charge on any atom is -0.506 e. The number of halogens is 4. The van der Waals surface area contributed by atoms with Gasteiger partial charge in [-0.15, -0.1) is 35.0 Å². The van der Waals surface area contributed by atoms with Crippen molar-refractivity contribution in [2.75, 3.05) is 11.3 Å². The molecule has 0 saturated heterocycles. The number of hydrogen-bond donors (Lipinski definition) is 3. The summed E-state index contributed by atoms with van der Waals surface area (Å²) in [6.45, 7) is 0. The number of rotatable bonds is 3. The predicted molar refractivity (Wildman–Crippen MR) is 89.4 cm³/mol. The van der Waals surface area contributed by atoms with Gasteiger partial charge < -0.3 is 10.9 Å². The molecule has 1 heterocycles. The fourth-order valence-electron chi connectivity index (χ4n) is 1.15. The van der Waals surface area contributed by atoms with Gasteiger partial charge in [-0.1, -0.05) is 0 Å². The van der Waals surface area contributed by atoms with Crippen molar-refractivity contribution in [3.05, 3.63) is 33.0 Å². The summed E-state index contributed by atoms with van der Waals surface area (Å²) in [4.78, 5) is 0. The van der Waals surface area contributed by atoms with E-state index < -0.39 is 0 Å². The molecule has 0 bridgehead atoms. The SMILES string of the molecule is Cl.Cl.Nn1cnnc1N/N=C/c1cc(Br)c(O)c(Br)c1. The molecule has 4 N–H and O–H groups in total. The number of anilines is 1. The van der Waals surface area contributed by atoms with Crippen LogP contribution in [0.25, 0.3) is 0 Å². The average molecular weight is 449 g/mol. The molecular formula is C9H10Br2Cl2N6O. The Morgan fingerprint density at radius 1 is 1.30 bits per heavy atom. The second-order valence-corrected chi connectivity index (χ2v) is 4.97. The van der Waals surface area contributed by atoms with Gasteiger partial charge in [0.1, 0.15) is 12.1 Å². The highest BCUT2D eigenvalue weighted by Gasteiger charge is 2.04. The quantitative estimate of drug-likeness (QED) is 0.380. The van der Waals surface area contributed by atoms with Crippen LogP contribution in [0.3, 0.4) is 0 Å². The predicted octanol–water partition coefficient (Wildman–Crippen LogP) is 2.51. The van der Waals surface area contributed by atoms with E-state index in [0.29, 0.717) is 14.9 Å². The summed E-state index contributed by atoms with van der Waals surface area (Å²) in [5, 5.41) is 20.8. The Morgan fingerprint density at radius 2 is 1.90 bits per heavy atom. The lowest BCUT2D eigenvalue weighted by Crippen LogP contribution is -2.10. The van der Waals surface area contributed by atoms with Crippen LogP contribution >= 0.6 is 56.7 Å². The summed E-state index contributed by atoms with van der Waals surface area (Å²) in [6, 6.07) is 3.44. The first kappa shape index (κ1) is 19.0. The van der Waals surface area contributed by atoms with Crippen molar-refractivity contribution in [3.8, 4) is 5.75 Å². The van der Waals surface area contributed by atoms with Crippen molar-refractivity contribution in [2.24, 2.45) is 5.10 Å². The Balaban J connectivity index is 0.00000180. The third-order valence-corrected chi connectivity index (χ3v) is 3.20. The number of nitrogen functional groups attached to an aromatic ring is 1. The van der Waals surface area contributed by atoms with E-state index in [2.05, 4.69) is 52.6 Å². The molecule has 0 aliphatic carbocycles. The van der Waals surface area contributed by atoms with E-state index in [4.69, 9.17) is 5.84 Å². The normalized spacial score (nSPS) is 9.90. The van der Waals surface area contributed by atoms with Gasteiger partial charge in [0.05, 0.1) is 15.2 Å². The minimum absolute atomic E-state index is 0. The van der Waals surface area contributed by atoms with Crippen molar-refractivity contribution in [3.63, 3.8) is 0 Å². The first-order chi connectivity index (χ1) is 8.58. The summed E-state index contributed by atoms with van der Waals surface area (Å²) in [5.74, 6) is 5.96. The highest BCUT2D eigenvalue weighted by Crippen LogP contribution is 2.32. The molecule has 0 spiro atoms. The molecule has 7 nitrogen and oxygen atoms in total. The first-order valence-electron chi connectivity index (χ1n) is 4.70. The van der Waals surface area contributed by atoms with Crippen molar-refractivity contribution >= 4 is 68.8 Å². The number of hydrazone groups is 1. The first-order valence-corrected chi connectivity index (χ1v) is 6.28. The molecule has 20 heavy (non-hydrogen) atoms. The third kappa shape index (κ3) is 4.51. The lowest BCUT2D eigenvalue weighted by atomic mass is 10.2. The van der Waals surface area contributed by atoms with E-state index in [0.717, 1.165) is 5.56 Å². The molecular weight excluding hydrogens is 439 g/mol. The maximum absolute atomic E-state index is 9.55. The van der Waals surface area contributed by atoms with Gasteiger partial charge in [0.2, 0.25) is 0 Å². The minimum atomic E-state index is 0. The lowest BCUT2D eigenvalue weighted by Gasteiger charge is -2.02. The monoisotopic (exact) mass is 446 g/mol. The van der Waals surface area contributed by atoms with Gasteiger partial charge in [0, 0.05) is 0 Å². The number of phenolic OH excluding ortho intramolecular Hbond substituents is 1. The molecule has 0 unspecified atom stereocenters. The Hall–Kier alpha value is -1.03. The number of aromatic hydroxyl groups is 1. The number of aromatic nitrogens is 3. The van der Waals surface area contributed by atoms with E-state index in [1.54, 1.807) is 18.3 Å². The number of nitrogens with zero attached hydrogens (tertiary/aromatic N) is 4. The highest BCUT2D eigenvalue weighted by atomic mass is 79.9. The lowest BCUT2D eigenvalue weighted by molar-refractivity contribution is 0.468. The maximum Gasteiger partial charge on any atom is 0.263 e. The number of nitrogens with two attached hydrogens (primary N) is 1. The van der Waals surface area contributed by atoms with Crippen molar-refractivity contribution < 1.29 is 5.11 Å². The van der Waals surface area contributed by atoms with E-state index in [9.17, 15) is 5.11 Å². The van der Waals surface area contributed by atoms with Crippen LogP contribution in [-0.4, -0.2) is 26.2 Å². The number of phenols is 1. The van der Waals surface area contributed by atoms with Crippen LogP contribution in [0, 0.1) is 0 Å². The highest BCUT2D eigenvalue weighted by molar-refractivity contribution is 9.11. The second kappa shape index (κ2) is 8.30. The molecule has 1 aromatic carbocycles. The van der Waals surface area contributed by atoms with Crippen LogP contribution in [0.5, 0.6) is 5.75 Å². The molecule has 0 radical (unpaired) electrons. The van der Waals surface area contributed by atoms with Crippen LogP contribution in [0.4, 0.5) is 5.95 Å². The van der Waals surface area contributed by atoms with Gasteiger partial charge in [-0.05, 0) is 49.6 Å². The van der Waals surface area contributed by atoms with Crippen LogP contribution in [0.1, 0.15) is 5.56 Å². The topological polar surface area (TPSA) is 101 Å². The number of nitrogens with one attached hydrogen (secondary N) is 1. The Labute approximate surface area is 143 Å². The molecule has 1 aromatic heterocycles. The summed E-state index contributed by atoms with van der Waals surface area (Å²) < 4.78 is 2.35. The van der Waals surface area contributed by atoms with E-state index in [-0.39, 0.29) is 30.6 Å². The van der Waals surface area contributed by atoms with Gasteiger partial charge in [-0.25, -0.2) is 10.1 Å². The Bertz CT molecular complexity index is 583. The largest absolute Gasteiger partial charge is 0.506 e. The van der Waals surface area contributed by atoms with Gasteiger partial charge in [-0.3, -0.25) is 0 Å². The second-order valence-electron chi connectivity index (χ2n) is 3.26. The summed E-state index contributed by atoms with van der Waals surface area (Å²) in [7, 11) is 0. The molecule has 0 amide bonds. The van der Waals surface area contributed by atoms with Gasteiger partial charge in [-0.2, -0.15) is 5.10 Å². The maximum atomic E-state index is 9.55. The molecule has 0 aliphatic rings. The molecule has 110 valence electrons. The van der Waals surface area contributed by atoms with Crippen LogP contribution in [0.15, 0.2) is 32.5 Å². The van der Waals surface area contributed by atoms with Gasteiger partial charge >= 0.3 is 0 Å². The Kier molecular flexibility index (Phi) is 7.87. The molecule has 0 aliphatic heterocycles. The smallest absolute Gasteiger partial charge is 0.263 e. The molecule has 11 heteroatoms. The zero-order valence-electron chi connectivity index (χ0n) is 9.70. The van der Waals surface area contributed by atoms with Gasteiger partial charge in [0.15, 0.2) is 0 Å². The fourth-order valence-corrected chi connectivity index (χ4v) is 2.37. The molecule has 0 atom stereocenters. The Morgan fingerprint density at radius 3 is 2.40 bits per heavy atom. The van der Waals surface area contributed by atoms with Gasteiger partial charge in [0.25, 0.3) is 5.95 Å². The molecule has 2 aromatic rings. The zero-order chi connectivity index (χ0) is 13.1. The zero-order valence-corrected chi connectivity index (χ0v) is 14.5. The molecule has 2 rings (SSSR count). The molecule has 0 fully saturated rings.